The van der Waals surface area contributed by atoms with Crippen LogP contribution in [0.5, 0.6) is 0 Å². The number of hydrogen-bond acceptors (Lipinski definition) is 2. The van der Waals surface area contributed by atoms with Gasteiger partial charge in [-0.1, -0.05) is 18.2 Å². The predicted octanol–water partition coefficient (Wildman–Crippen LogP) is 3.27. The molecule has 0 spiro atoms. The van der Waals surface area contributed by atoms with Crippen molar-refractivity contribution in [3.8, 4) is 0 Å². The summed E-state index contributed by atoms with van der Waals surface area (Å²) in [5, 5.41) is 5.39. The van der Waals surface area contributed by atoms with Crippen molar-refractivity contribution in [2.75, 3.05) is 6.54 Å². The molecule has 0 aliphatic carbocycles. The number of H-pyrrole nitrogens is 1. The minimum Gasteiger partial charge on any atom is -0.361 e. The molecule has 0 unspecified atom stereocenters. The second kappa shape index (κ2) is 6.81. The van der Waals surface area contributed by atoms with Crippen LogP contribution in [0, 0.1) is 0 Å². The molecule has 0 bridgehead atoms. The molecule has 0 aliphatic rings. The monoisotopic (exact) mass is 332 g/mol. The molecule has 4 rings (SSSR count). The van der Waals surface area contributed by atoms with Gasteiger partial charge in [-0.2, -0.15) is 0 Å². The Morgan fingerprint density at radius 3 is 3.08 bits per heavy atom. The van der Waals surface area contributed by atoms with Crippen LogP contribution in [0.2, 0.25) is 0 Å². The molecule has 2 N–H and O–H groups in total. The number of aromatic nitrogens is 3. The molecule has 0 atom stereocenters. The van der Waals surface area contributed by atoms with Crippen LogP contribution in [0.1, 0.15) is 12.0 Å². The number of benzene rings is 1. The van der Waals surface area contributed by atoms with Crippen LogP contribution in [0.15, 0.2) is 61.2 Å². The van der Waals surface area contributed by atoms with Crippen LogP contribution < -0.4 is 5.32 Å². The Bertz CT molecular complexity index is 1010. The number of nitrogens with zero attached hydrogens (tertiary/aromatic N) is 2. The highest BCUT2D eigenvalue weighted by atomic mass is 16.1. The van der Waals surface area contributed by atoms with Gasteiger partial charge in [0.25, 0.3) is 0 Å². The van der Waals surface area contributed by atoms with Gasteiger partial charge in [0.15, 0.2) is 0 Å². The highest BCUT2D eigenvalue weighted by Gasteiger charge is 2.06. The second-order valence-electron chi connectivity index (χ2n) is 6.15. The van der Waals surface area contributed by atoms with Gasteiger partial charge in [-0.15, -0.1) is 0 Å². The maximum Gasteiger partial charge on any atom is 0.221 e. The van der Waals surface area contributed by atoms with Crippen molar-refractivity contribution < 1.29 is 4.79 Å². The van der Waals surface area contributed by atoms with E-state index in [1.165, 1.54) is 10.9 Å². The van der Waals surface area contributed by atoms with E-state index in [0.29, 0.717) is 19.5 Å². The molecule has 3 aromatic heterocycles. The lowest BCUT2D eigenvalue weighted by Crippen LogP contribution is -2.26. The number of nitrogens with one attached hydrogen (secondary N) is 2. The van der Waals surface area contributed by atoms with Crippen LogP contribution in [0.3, 0.4) is 0 Å². The summed E-state index contributed by atoms with van der Waals surface area (Å²) in [6.45, 7) is 1.31. The SMILES string of the molecule is O=C(CCn1ccc2ccncc21)NCCc1c[nH]c2ccccc12. The Balaban J connectivity index is 1.29. The van der Waals surface area contributed by atoms with E-state index in [4.69, 9.17) is 0 Å². The van der Waals surface area contributed by atoms with Crippen LogP contribution in [0.4, 0.5) is 0 Å². The number of pyridine rings is 1. The molecule has 0 radical (unpaired) electrons. The second-order valence-corrected chi connectivity index (χ2v) is 6.15. The van der Waals surface area contributed by atoms with E-state index < -0.39 is 0 Å². The molecule has 5 heteroatoms. The largest absolute Gasteiger partial charge is 0.361 e. The highest BCUT2D eigenvalue weighted by molar-refractivity contribution is 5.83. The minimum atomic E-state index is 0.0746. The molecule has 5 nitrogen and oxygen atoms in total. The summed E-state index contributed by atoms with van der Waals surface area (Å²) in [7, 11) is 0. The Morgan fingerprint density at radius 1 is 1.20 bits per heavy atom. The van der Waals surface area contributed by atoms with Gasteiger partial charge in [0.05, 0.1) is 11.7 Å². The van der Waals surface area contributed by atoms with Gasteiger partial charge in [-0.25, -0.2) is 0 Å². The molecule has 4 aromatic rings. The van der Waals surface area contributed by atoms with Crippen molar-refractivity contribution in [3.05, 3.63) is 66.7 Å². The van der Waals surface area contributed by atoms with E-state index in [1.807, 2.05) is 42.9 Å². The summed E-state index contributed by atoms with van der Waals surface area (Å²) in [6.07, 6.45) is 8.94. The van der Waals surface area contributed by atoms with Crippen LogP contribution >= 0.6 is 0 Å². The normalized spacial score (nSPS) is 11.2. The van der Waals surface area contributed by atoms with Crippen molar-refractivity contribution in [1.29, 1.82) is 0 Å². The van der Waals surface area contributed by atoms with Crippen molar-refractivity contribution in [2.45, 2.75) is 19.4 Å². The first-order valence-corrected chi connectivity index (χ1v) is 8.52. The number of hydrogen-bond donors (Lipinski definition) is 2. The molecule has 0 saturated carbocycles. The lowest BCUT2D eigenvalue weighted by Gasteiger charge is -2.07. The molecule has 0 saturated heterocycles. The fraction of sp³-hybridized carbons (Fsp3) is 0.200. The van der Waals surface area contributed by atoms with Gasteiger partial charge in [0.2, 0.25) is 5.91 Å². The summed E-state index contributed by atoms with van der Waals surface area (Å²) in [6, 6.07) is 12.3. The molecular formula is C20H20N4O. The number of para-hydroxylation sites is 1. The van der Waals surface area contributed by atoms with Crippen molar-refractivity contribution >= 4 is 27.7 Å². The van der Waals surface area contributed by atoms with E-state index >= 15 is 0 Å². The zero-order chi connectivity index (χ0) is 17.1. The molecule has 3 heterocycles. The summed E-state index contributed by atoms with van der Waals surface area (Å²) >= 11 is 0. The van der Waals surface area contributed by atoms with Gasteiger partial charge in [0.1, 0.15) is 0 Å². The fourth-order valence-electron chi connectivity index (χ4n) is 3.21. The quantitative estimate of drug-likeness (QED) is 0.569. The predicted molar refractivity (Wildman–Crippen MR) is 99.4 cm³/mol. The summed E-state index contributed by atoms with van der Waals surface area (Å²) in [5.74, 6) is 0.0746. The number of aryl methyl sites for hydroxylation is 1. The van der Waals surface area contributed by atoms with Crippen molar-refractivity contribution in [1.82, 2.24) is 19.9 Å². The van der Waals surface area contributed by atoms with Crippen LogP contribution in [0.25, 0.3) is 21.8 Å². The third-order valence-electron chi connectivity index (χ3n) is 4.55. The first-order chi connectivity index (χ1) is 12.3. The van der Waals surface area contributed by atoms with Gasteiger partial charge >= 0.3 is 0 Å². The zero-order valence-electron chi connectivity index (χ0n) is 13.9. The van der Waals surface area contributed by atoms with Crippen molar-refractivity contribution in [2.24, 2.45) is 0 Å². The van der Waals surface area contributed by atoms with Gasteiger partial charge in [-0.3, -0.25) is 9.78 Å². The molecule has 1 amide bonds. The molecule has 126 valence electrons. The minimum absolute atomic E-state index is 0.0746. The summed E-state index contributed by atoms with van der Waals surface area (Å²) in [5.41, 5.74) is 3.43. The first-order valence-electron chi connectivity index (χ1n) is 8.52. The average Bonchev–Trinajstić information content (AvgIpc) is 3.24. The number of carbonyl (C=O) groups is 1. The Morgan fingerprint density at radius 2 is 2.12 bits per heavy atom. The number of amides is 1. The first kappa shape index (κ1) is 15.4. The third kappa shape index (κ3) is 3.26. The maximum absolute atomic E-state index is 12.1. The van der Waals surface area contributed by atoms with E-state index in [1.54, 1.807) is 6.20 Å². The third-order valence-corrected chi connectivity index (χ3v) is 4.55. The number of aromatic amines is 1. The summed E-state index contributed by atoms with van der Waals surface area (Å²) in [4.78, 5) is 19.5. The Kier molecular flexibility index (Phi) is 4.21. The number of carbonyl (C=O) groups excluding carboxylic acids is 1. The van der Waals surface area contributed by atoms with Crippen molar-refractivity contribution in [3.63, 3.8) is 0 Å². The number of rotatable bonds is 6. The molecule has 0 fully saturated rings. The molecule has 25 heavy (non-hydrogen) atoms. The number of fused-ring (bicyclic) bond motifs is 2. The van der Waals surface area contributed by atoms with E-state index in [2.05, 4.69) is 32.0 Å². The van der Waals surface area contributed by atoms with Crippen LogP contribution in [-0.4, -0.2) is 27.0 Å². The van der Waals surface area contributed by atoms with Gasteiger partial charge in [-0.05, 0) is 30.2 Å². The maximum atomic E-state index is 12.1. The lowest BCUT2D eigenvalue weighted by atomic mass is 10.1. The Hall–Kier alpha value is -3.08. The van der Waals surface area contributed by atoms with E-state index in [0.717, 1.165) is 22.8 Å². The topological polar surface area (TPSA) is 62.7 Å². The van der Waals surface area contributed by atoms with E-state index in [-0.39, 0.29) is 5.91 Å². The standard InChI is InChI=1S/C20H20N4O/c25-20(8-12-24-11-7-15-5-9-21-14-19(15)24)22-10-6-16-13-23-18-4-2-1-3-17(16)18/h1-5,7,9,11,13-14,23H,6,8,10,12H2,(H,22,25). The molecular weight excluding hydrogens is 312 g/mol. The van der Waals surface area contributed by atoms with Crippen LogP contribution in [-0.2, 0) is 17.8 Å². The van der Waals surface area contributed by atoms with Gasteiger partial charge < -0.3 is 14.9 Å². The van der Waals surface area contributed by atoms with Gasteiger partial charge in [0, 0.05) is 54.4 Å². The Labute approximate surface area is 145 Å². The summed E-state index contributed by atoms with van der Waals surface area (Å²) < 4.78 is 2.07. The lowest BCUT2D eigenvalue weighted by molar-refractivity contribution is -0.121. The molecule has 1 aromatic carbocycles. The zero-order valence-corrected chi connectivity index (χ0v) is 13.9. The highest BCUT2D eigenvalue weighted by Crippen LogP contribution is 2.17. The molecule has 0 aliphatic heterocycles. The average molecular weight is 332 g/mol. The fourth-order valence-corrected chi connectivity index (χ4v) is 3.21. The van der Waals surface area contributed by atoms with E-state index in [9.17, 15) is 4.79 Å². The smallest absolute Gasteiger partial charge is 0.221 e.